The fourth-order valence-electron chi connectivity index (χ4n) is 0.431. The lowest BCUT2D eigenvalue weighted by molar-refractivity contribution is -0.00000154. The van der Waals surface area contributed by atoms with E-state index < -0.39 is 0 Å². The summed E-state index contributed by atoms with van der Waals surface area (Å²) in [6.45, 7) is 3.01. The highest BCUT2D eigenvalue weighted by Crippen LogP contribution is 1.91. The van der Waals surface area contributed by atoms with Gasteiger partial charge < -0.3 is 17.0 Å². The molecule has 0 amide bonds. The van der Waals surface area contributed by atoms with E-state index in [4.69, 9.17) is 0 Å². The average Bonchev–Trinajstić information content (AvgIpc) is 2.14. The number of hydrogen-bond acceptors (Lipinski definition) is 2. The smallest absolute Gasteiger partial charge is 0.255 e. The SMILES string of the molecule is CCN1[C+]=NC=C1.[Br-]. The number of nitrogens with zero attached hydrogens (tertiary/aromatic N) is 2. The molecule has 0 bridgehead atoms. The third-order valence-corrected chi connectivity index (χ3v) is 0.848. The summed E-state index contributed by atoms with van der Waals surface area (Å²) in [5.41, 5.74) is 0. The predicted octanol–water partition coefficient (Wildman–Crippen LogP) is -2.30. The van der Waals surface area contributed by atoms with Crippen LogP contribution in [-0.2, 0) is 0 Å². The van der Waals surface area contributed by atoms with E-state index in [-0.39, 0.29) is 17.0 Å². The molecule has 1 heterocycles. The highest BCUT2D eigenvalue weighted by molar-refractivity contribution is 5.59. The van der Waals surface area contributed by atoms with Crippen LogP contribution in [0.1, 0.15) is 6.92 Å². The van der Waals surface area contributed by atoms with Gasteiger partial charge in [0.05, 0.1) is 6.54 Å². The standard InChI is InChI=1S/C5H7N2.BrH/c1-2-7-4-3-6-5-7;/h3-4H,2H2,1H3;1H/q+1;/p-1. The summed E-state index contributed by atoms with van der Waals surface area (Å²) in [4.78, 5) is 5.62. The molecule has 8 heavy (non-hydrogen) atoms. The molecule has 0 N–H and O–H groups in total. The van der Waals surface area contributed by atoms with E-state index >= 15 is 0 Å². The number of rotatable bonds is 1. The molecule has 1 aliphatic heterocycles. The highest BCUT2D eigenvalue weighted by atomic mass is 79.9. The van der Waals surface area contributed by atoms with Crippen molar-refractivity contribution in [1.29, 1.82) is 0 Å². The molecule has 0 aromatic heterocycles. The molecule has 0 aromatic carbocycles. The van der Waals surface area contributed by atoms with Gasteiger partial charge in [-0.25, -0.2) is 0 Å². The van der Waals surface area contributed by atoms with Crippen LogP contribution in [0.25, 0.3) is 0 Å². The molecule has 0 aliphatic carbocycles. The highest BCUT2D eigenvalue weighted by Gasteiger charge is 2.04. The maximum absolute atomic E-state index is 3.73. The summed E-state index contributed by atoms with van der Waals surface area (Å²) < 4.78 is 0. The molecule has 1 aliphatic rings. The average molecular weight is 175 g/mol. The zero-order valence-electron chi connectivity index (χ0n) is 4.63. The summed E-state index contributed by atoms with van der Waals surface area (Å²) in [6.07, 6.45) is 6.37. The van der Waals surface area contributed by atoms with Gasteiger partial charge in [-0.05, 0) is 11.9 Å². The maximum atomic E-state index is 3.73. The lowest BCUT2D eigenvalue weighted by Gasteiger charge is -1.90. The van der Waals surface area contributed by atoms with E-state index in [1.54, 1.807) is 6.20 Å². The van der Waals surface area contributed by atoms with Crippen LogP contribution in [0.15, 0.2) is 17.4 Å². The Morgan fingerprint density at radius 2 is 2.50 bits per heavy atom. The Kier molecular flexibility index (Phi) is 3.40. The normalized spacial score (nSPS) is 13.4. The Hall–Kier alpha value is -0.400. The van der Waals surface area contributed by atoms with Gasteiger partial charge in [0, 0.05) is 0 Å². The van der Waals surface area contributed by atoms with E-state index in [1.807, 2.05) is 11.1 Å². The van der Waals surface area contributed by atoms with Gasteiger partial charge in [-0.1, -0.05) is 0 Å². The predicted molar refractivity (Wildman–Crippen MR) is 29.0 cm³/mol. The number of halogens is 1. The molecule has 3 heteroatoms. The number of aliphatic imine (C=N–C) groups is 1. The minimum Gasteiger partial charge on any atom is -1.00 e. The van der Waals surface area contributed by atoms with Crippen molar-refractivity contribution in [3.05, 3.63) is 12.4 Å². The molecule has 1 rings (SSSR count). The van der Waals surface area contributed by atoms with Crippen molar-refractivity contribution in [2.24, 2.45) is 4.99 Å². The lowest BCUT2D eigenvalue weighted by atomic mass is 10.7. The zero-order chi connectivity index (χ0) is 5.11. The van der Waals surface area contributed by atoms with Crippen molar-refractivity contribution >= 4 is 6.34 Å². The van der Waals surface area contributed by atoms with Crippen LogP contribution in [0.3, 0.4) is 0 Å². The minimum atomic E-state index is 0. The largest absolute Gasteiger partial charge is 1.00 e. The van der Waals surface area contributed by atoms with Crippen molar-refractivity contribution in [2.75, 3.05) is 6.54 Å². The van der Waals surface area contributed by atoms with E-state index in [2.05, 4.69) is 18.3 Å². The Morgan fingerprint density at radius 3 is 2.75 bits per heavy atom. The minimum absolute atomic E-state index is 0. The van der Waals surface area contributed by atoms with Crippen LogP contribution < -0.4 is 17.0 Å². The second-order valence-electron chi connectivity index (χ2n) is 1.31. The van der Waals surface area contributed by atoms with Crippen molar-refractivity contribution in [3.8, 4) is 0 Å². The first-order valence-corrected chi connectivity index (χ1v) is 2.32. The Balaban J connectivity index is 0.000000490. The monoisotopic (exact) mass is 174 g/mol. The third-order valence-electron chi connectivity index (χ3n) is 0.848. The maximum Gasteiger partial charge on any atom is 0.255 e. The molecule has 0 atom stereocenters. The first kappa shape index (κ1) is 7.60. The Labute approximate surface area is 59.7 Å². The third kappa shape index (κ3) is 1.60. The van der Waals surface area contributed by atoms with Gasteiger partial charge in [0.2, 0.25) is 6.20 Å². The van der Waals surface area contributed by atoms with E-state index in [9.17, 15) is 0 Å². The molecule has 0 aromatic rings. The molecule has 0 fully saturated rings. The van der Waals surface area contributed by atoms with Crippen LogP contribution in [-0.4, -0.2) is 17.8 Å². The Bertz CT molecular complexity index is 97.0. The Morgan fingerprint density at radius 1 is 1.75 bits per heavy atom. The fraction of sp³-hybridized carbons (Fsp3) is 0.400. The van der Waals surface area contributed by atoms with Gasteiger partial charge in [0.15, 0.2) is 6.20 Å². The van der Waals surface area contributed by atoms with Crippen molar-refractivity contribution in [2.45, 2.75) is 6.92 Å². The molecule has 2 nitrogen and oxygen atoms in total. The molecule has 0 saturated carbocycles. The summed E-state index contributed by atoms with van der Waals surface area (Å²) >= 11 is 0. The second-order valence-corrected chi connectivity index (χ2v) is 1.31. The first-order chi connectivity index (χ1) is 3.43. The first-order valence-electron chi connectivity index (χ1n) is 2.32. The number of hydrogen-bond donors (Lipinski definition) is 0. The van der Waals surface area contributed by atoms with Gasteiger partial charge in [-0.15, -0.1) is 0 Å². The second kappa shape index (κ2) is 3.58. The summed E-state index contributed by atoms with van der Waals surface area (Å²) in [5, 5.41) is 0. The molecular formula is C5H7BrN2. The molecule has 0 radical (unpaired) electrons. The van der Waals surface area contributed by atoms with Crippen LogP contribution in [0.4, 0.5) is 0 Å². The lowest BCUT2D eigenvalue weighted by Crippen LogP contribution is -3.00. The van der Waals surface area contributed by atoms with E-state index in [1.165, 1.54) is 0 Å². The fourth-order valence-corrected chi connectivity index (χ4v) is 0.431. The topological polar surface area (TPSA) is 15.6 Å². The summed E-state index contributed by atoms with van der Waals surface area (Å²) in [6, 6.07) is 0. The van der Waals surface area contributed by atoms with Gasteiger partial charge in [0.25, 0.3) is 6.34 Å². The van der Waals surface area contributed by atoms with Crippen LogP contribution >= 0.6 is 0 Å². The van der Waals surface area contributed by atoms with Gasteiger partial charge in [-0.2, -0.15) is 4.90 Å². The van der Waals surface area contributed by atoms with Crippen molar-refractivity contribution in [3.63, 3.8) is 0 Å². The molecular weight excluding hydrogens is 168 g/mol. The molecule has 0 spiro atoms. The molecule has 44 valence electrons. The molecule has 0 saturated heterocycles. The van der Waals surface area contributed by atoms with Crippen molar-refractivity contribution < 1.29 is 17.0 Å². The van der Waals surface area contributed by atoms with Crippen LogP contribution in [0.2, 0.25) is 0 Å². The van der Waals surface area contributed by atoms with Gasteiger partial charge >= 0.3 is 0 Å². The van der Waals surface area contributed by atoms with E-state index in [0.717, 1.165) is 6.54 Å². The summed E-state index contributed by atoms with van der Waals surface area (Å²) in [5.74, 6) is 0. The van der Waals surface area contributed by atoms with Gasteiger partial charge in [0.1, 0.15) is 0 Å². The quantitative estimate of drug-likeness (QED) is 0.409. The molecule has 0 unspecified atom stereocenters. The zero-order valence-corrected chi connectivity index (χ0v) is 6.22. The van der Waals surface area contributed by atoms with E-state index in [0.29, 0.717) is 0 Å². The van der Waals surface area contributed by atoms with Gasteiger partial charge in [-0.3, -0.25) is 0 Å². The summed E-state index contributed by atoms with van der Waals surface area (Å²) in [7, 11) is 0. The van der Waals surface area contributed by atoms with Crippen molar-refractivity contribution in [1.82, 2.24) is 4.90 Å². The van der Waals surface area contributed by atoms with Crippen LogP contribution in [0, 0.1) is 0 Å². The van der Waals surface area contributed by atoms with Crippen LogP contribution in [0.5, 0.6) is 0 Å².